The van der Waals surface area contributed by atoms with Crippen LogP contribution >= 0.6 is 0 Å². The number of pyridine rings is 1. The van der Waals surface area contributed by atoms with E-state index < -0.39 is 0 Å². The molecule has 0 unspecified atom stereocenters. The second-order valence-electron chi connectivity index (χ2n) is 7.42. The number of ether oxygens (including phenoxy) is 1. The molecule has 2 N–H and O–H groups in total. The van der Waals surface area contributed by atoms with Gasteiger partial charge >= 0.3 is 0 Å². The minimum absolute atomic E-state index is 0.445. The van der Waals surface area contributed by atoms with Gasteiger partial charge in [0.05, 0.1) is 18.8 Å². The molecule has 4 rings (SSSR count). The Morgan fingerprint density at radius 3 is 2.93 bits per heavy atom. The van der Waals surface area contributed by atoms with Crippen molar-refractivity contribution >= 4 is 28.6 Å². The number of fused-ring (bicyclic) bond motifs is 1. The van der Waals surface area contributed by atoms with Crippen LogP contribution in [0.3, 0.4) is 0 Å². The van der Waals surface area contributed by atoms with Gasteiger partial charge in [0.15, 0.2) is 5.82 Å². The highest BCUT2D eigenvalue weighted by Gasteiger charge is 2.23. The first-order chi connectivity index (χ1) is 14.7. The van der Waals surface area contributed by atoms with Crippen LogP contribution in [0.25, 0.3) is 11.0 Å². The number of hydrogen-bond acceptors (Lipinski definition) is 8. The zero-order valence-electron chi connectivity index (χ0n) is 17.9. The van der Waals surface area contributed by atoms with Crippen molar-refractivity contribution in [1.29, 1.82) is 0 Å². The molecule has 1 aliphatic rings. The summed E-state index contributed by atoms with van der Waals surface area (Å²) in [5, 5.41) is 11.7. The molecule has 3 aromatic heterocycles. The number of nitrogens with one attached hydrogen (secondary N) is 2. The Morgan fingerprint density at radius 2 is 2.17 bits per heavy atom. The van der Waals surface area contributed by atoms with Crippen LogP contribution in [0.15, 0.2) is 24.4 Å². The van der Waals surface area contributed by atoms with E-state index in [0.717, 1.165) is 60.4 Å². The predicted molar refractivity (Wildman–Crippen MR) is 118 cm³/mol. The molecule has 1 fully saturated rings. The molecule has 1 aliphatic heterocycles. The molecule has 1 atom stereocenters. The van der Waals surface area contributed by atoms with Crippen molar-refractivity contribution in [3.05, 3.63) is 30.1 Å². The lowest BCUT2D eigenvalue weighted by Gasteiger charge is -2.33. The van der Waals surface area contributed by atoms with Crippen LogP contribution in [0, 0.1) is 6.92 Å². The molecule has 0 aliphatic carbocycles. The molecule has 1 saturated heterocycles. The van der Waals surface area contributed by atoms with Gasteiger partial charge in [-0.05, 0) is 32.4 Å². The van der Waals surface area contributed by atoms with Crippen LogP contribution in [0.1, 0.15) is 26.0 Å². The van der Waals surface area contributed by atoms with Gasteiger partial charge in [0.1, 0.15) is 16.9 Å². The third kappa shape index (κ3) is 4.36. The third-order valence-electron chi connectivity index (χ3n) is 5.34. The molecule has 4 heterocycles. The topological polar surface area (TPSA) is 93.0 Å². The molecule has 0 saturated carbocycles. The summed E-state index contributed by atoms with van der Waals surface area (Å²) >= 11 is 0. The Morgan fingerprint density at radius 1 is 1.27 bits per heavy atom. The first-order valence-electron chi connectivity index (χ1n) is 10.7. The first kappa shape index (κ1) is 20.5. The highest BCUT2D eigenvalue weighted by atomic mass is 16.5. The van der Waals surface area contributed by atoms with E-state index in [2.05, 4.69) is 27.4 Å². The van der Waals surface area contributed by atoms with Gasteiger partial charge < -0.3 is 20.3 Å². The minimum Gasteiger partial charge on any atom is -0.380 e. The van der Waals surface area contributed by atoms with Crippen LogP contribution in [0.4, 0.5) is 17.6 Å². The molecular formula is C21H30N8O. The van der Waals surface area contributed by atoms with Gasteiger partial charge in [0.25, 0.3) is 0 Å². The van der Waals surface area contributed by atoms with Crippen molar-refractivity contribution in [3.63, 3.8) is 0 Å². The van der Waals surface area contributed by atoms with Crippen molar-refractivity contribution in [1.82, 2.24) is 30.0 Å². The number of nitrogens with zero attached hydrogens (tertiary/aromatic N) is 6. The van der Waals surface area contributed by atoms with Crippen LogP contribution in [-0.4, -0.2) is 63.6 Å². The number of aryl methyl sites for hydroxylation is 1. The van der Waals surface area contributed by atoms with Gasteiger partial charge in [-0.25, -0.2) is 9.97 Å². The molecule has 0 spiro atoms. The van der Waals surface area contributed by atoms with Crippen LogP contribution in [0.5, 0.6) is 0 Å². The highest BCUT2D eigenvalue weighted by Crippen LogP contribution is 2.28. The molecule has 0 amide bonds. The van der Waals surface area contributed by atoms with E-state index in [-0.39, 0.29) is 0 Å². The van der Waals surface area contributed by atoms with E-state index >= 15 is 0 Å². The van der Waals surface area contributed by atoms with Crippen molar-refractivity contribution < 1.29 is 4.74 Å². The van der Waals surface area contributed by atoms with Gasteiger partial charge in [-0.3, -0.25) is 4.68 Å². The average molecular weight is 411 g/mol. The Bertz CT molecular complexity index is 974. The summed E-state index contributed by atoms with van der Waals surface area (Å²) in [4.78, 5) is 16.5. The maximum atomic E-state index is 5.55. The lowest BCUT2D eigenvalue weighted by Crippen LogP contribution is -2.51. The van der Waals surface area contributed by atoms with E-state index in [4.69, 9.17) is 19.8 Å². The summed E-state index contributed by atoms with van der Waals surface area (Å²) in [5.41, 5.74) is 2.63. The van der Waals surface area contributed by atoms with Crippen molar-refractivity contribution in [3.8, 4) is 0 Å². The maximum absolute atomic E-state index is 5.55. The fourth-order valence-corrected chi connectivity index (χ4v) is 3.74. The number of aromatic nitrogens is 5. The Labute approximate surface area is 176 Å². The number of hydrogen-bond donors (Lipinski definition) is 2. The summed E-state index contributed by atoms with van der Waals surface area (Å²) in [6, 6.07) is 6.22. The highest BCUT2D eigenvalue weighted by molar-refractivity contribution is 5.90. The second kappa shape index (κ2) is 9.36. The van der Waals surface area contributed by atoms with Crippen molar-refractivity contribution in [2.75, 3.05) is 43.1 Å². The molecule has 160 valence electrons. The van der Waals surface area contributed by atoms with E-state index in [9.17, 15) is 0 Å². The quantitative estimate of drug-likeness (QED) is 0.547. The van der Waals surface area contributed by atoms with Gasteiger partial charge in [-0.2, -0.15) is 10.1 Å². The van der Waals surface area contributed by atoms with Crippen molar-refractivity contribution in [2.24, 2.45) is 0 Å². The molecule has 3 aromatic rings. The minimum atomic E-state index is 0.445. The van der Waals surface area contributed by atoms with Crippen LogP contribution in [-0.2, 0) is 11.3 Å². The Hall–Kier alpha value is -2.78. The standard InChI is InChI=1S/C21H30N8O/c1-4-16-14-28(11-10-22-16)21-25-18-15(3)27-29(12-13-30-5-2)19(18)20(26-21)24-17-8-6-7-9-23-17/h6-9,16,22H,4-5,10-14H2,1-3H3,(H,23,24,25,26)/t16-/m0/s1. The van der Waals surface area contributed by atoms with Crippen molar-refractivity contribution in [2.45, 2.75) is 39.8 Å². The molecule has 30 heavy (non-hydrogen) atoms. The fraction of sp³-hybridized carbons (Fsp3) is 0.524. The molecular weight excluding hydrogens is 380 g/mol. The lowest BCUT2D eigenvalue weighted by atomic mass is 10.1. The zero-order valence-corrected chi connectivity index (χ0v) is 17.9. The SMILES string of the molecule is CCOCCn1nc(C)c2nc(N3CCN[C@@H](CC)C3)nc(Nc3ccccn3)c21. The molecule has 0 bridgehead atoms. The van der Waals surface area contributed by atoms with Crippen LogP contribution < -0.4 is 15.5 Å². The Balaban J connectivity index is 1.76. The third-order valence-corrected chi connectivity index (χ3v) is 5.34. The van der Waals surface area contributed by atoms with Gasteiger partial charge in [0, 0.05) is 38.5 Å². The summed E-state index contributed by atoms with van der Waals surface area (Å²) in [7, 11) is 0. The molecule has 0 radical (unpaired) electrons. The van der Waals surface area contributed by atoms with Crippen LogP contribution in [0.2, 0.25) is 0 Å². The van der Waals surface area contributed by atoms with Gasteiger partial charge in [0.2, 0.25) is 5.95 Å². The maximum Gasteiger partial charge on any atom is 0.228 e. The zero-order chi connectivity index (χ0) is 20.9. The largest absolute Gasteiger partial charge is 0.380 e. The smallest absolute Gasteiger partial charge is 0.228 e. The number of rotatable bonds is 8. The van der Waals surface area contributed by atoms with Gasteiger partial charge in [-0.15, -0.1) is 0 Å². The summed E-state index contributed by atoms with van der Waals surface area (Å²) in [6.07, 6.45) is 2.84. The second-order valence-corrected chi connectivity index (χ2v) is 7.42. The van der Waals surface area contributed by atoms with E-state index in [0.29, 0.717) is 25.8 Å². The summed E-state index contributed by atoms with van der Waals surface area (Å²) in [6.45, 7) is 10.8. The number of anilines is 3. The normalized spacial score (nSPS) is 16.9. The summed E-state index contributed by atoms with van der Waals surface area (Å²) in [5.74, 6) is 2.19. The average Bonchev–Trinajstić information content (AvgIpc) is 3.10. The van der Waals surface area contributed by atoms with E-state index in [1.54, 1.807) is 6.20 Å². The molecule has 9 heteroatoms. The van der Waals surface area contributed by atoms with E-state index in [1.807, 2.05) is 36.7 Å². The predicted octanol–water partition coefficient (Wildman–Crippen LogP) is 2.50. The molecule has 0 aromatic carbocycles. The van der Waals surface area contributed by atoms with Gasteiger partial charge in [-0.1, -0.05) is 13.0 Å². The lowest BCUT2D eigenvalue weighted by molar-refractivity contribution is 0.137. The van der Waals surface area contributed by atoms with E-state index in [1.165, 1.54) is 0 Å². The first-order valence-corrected chi connectivity index (χ1v) is 10.7. The monoisotopic (exact) mass is 410 g/mol. The number of piperazine rings is 1. The summed E-state index contributed by atoms with van der Waals surface area (Å²) < 4.78 is 7.48. The fourth-order valence-electron chi connectivity index (χ4n) is 3.74. The molecule has 9 nitrogen and oxygen atoms in total. The Kier molecular flexibility index (Phi) is 6.39.